The first kappa shape index (κ1) is 12.0. The van der Waals surface area contributed by atoms with E-state index in [0.717, 1.165) is 17.8 Å². The van der Waals surface area contributed by atoms with Crippen molar-refractivity contribution in [3.05, 3.63) is 11.2 Å². The molecule has 84 valence electrons. The number of nitrogens with two attached hydrogens (primary N) is 1. The molecule has 0 spiro atoms. The summed E-state index contributed by atoms with van der Waals surface area (Å²) in [5.41, 5.74) is 5.59. The molecule has 0 bridgehead atoms. The van der Waals surface area contributed by atoms with Crippen molar-refractivity contribution in [1.82, 2.24) is 4.98 Å². The summed E-state index contributed by atoms with van der Waals surface area (Å²) < 4.78 is 5.01. The van der Waals surface area contributed by atoms with Crippen molar-refractivity contribution in [2.75, 3.05) is 12.3 Å². The zero-order chi connectivity index (χ0) is 11.3. The second-order valence-corrected chi connectivity index (χ2v) is 4.29. The van der Waals surface area contributed by atoms with E-state index in [-0.39, 0.29) is 11.9 Å². The van der Waals surface area contributed by atoms with E-state index in [2.05, 4.69) is 4.98 Å². The average molecular weight is 228 g/mol. The lowest BCUT2D eigenvalue weighted by molar-refractivity contribution is -0.145. The standard InChI is InChI=1S/C10H16N2O2S/c1-3-5-7(10(13)14-4-2)9-12-6-8(11)15-9/h6-7H,3-5,11H2,1-2H3. The van der Waals surface area contributed by atoms with E-state index in [0.29, 0.717) is 11.6 Å². The van der Waals surface area contributed by atoms with Gasteiger partial charge in [0.25, 0.3) is 0 Å². The third-order valence-corrected chi connectivity index (χ3v) is 2.93. The molecule has 1 rings (SSSR count). The van der Waals surface area contributed by atoms with Crippen LogP contribution in [-0.4, -0.2) is 17.6 Å². The number of carbonyl (C=O) groups excluding carboxylic acids is 1. The number of aromatic nitrogens is 1. The van der Waals surface area contributed by atoms with Crippen LogP contribution in [0, 0.1) is 0 Å². The number of esters is 1. The van der Waals surface area contributed by atoms with E-state index >= 15 is 0 Å². The van der Waals surface area contributed by atoms with Crippen LogP contribution in [0.5, 0.6) is 0 Å². The molecule has 0 amide bonds. The first-order valence-electron chi connectivity index (χ1n) is 5.06. The van der Waals surface area contributed by atoms with Gasteiger partial charge in [-0.1, -0.05) is 13.3 Å². The van der Waals surface area contributed by atoms with Crippen molar-refractivity contribution in [2.24, 2.45) is 0 Å². The first-order valence-corrected chi connectivity index (χ1v) is 5.88. The van der Waals surface area contributed by atoms with Gasteiger partial charge in [0.1, 0.15) is 15.9 Å². The molecular weight excluding hydrogens is 212 g/mol. The predicted molar refractivity (Wildman–Crippen MR) is 60.8 cm³/mol. The molecule has 1 heterocycles. The quantitative estimate of drug-likeness (QED) is 0.784. The molecule has 0 aromatic carbocycles. The van der Waals surface area contributed by atoms with Crippen molar-refractivity contribution < 1.29 is 9.53 Å². The van der Waals surface area contributed by atoms with Crippen molar-refractivity contribution in [1.29, 1.82) is 0 Å². The molecular formula is C10H16N2O2S. The van der Waals surface area contributed by atoms with Gasteiger partial charge >= 0.3 is 5.97 Å². The van der Waals surface area contributed by atoms with Crippen LogP contribution in [-0.2, 0) is 9.53 Å². The molecule has 15 heavy (non-hydrogen) atoms. The molecule has 1 aromatic heterocycles. The predicted octanol–water partition coefficient (Wildman–Crippen LogP) is 2.17. The Kier molecular flexibility index (Phi) is 4.55. The van der Waals surface area contributed by atoms with Gasteiger partial charge in [-0.05, 0) is 13.3 Å². The average Bonchev–Trinajstić information content (AvgIpc) is 2.61. The maximum Gasteiger partial charge on any atom is 0.315 e. The van der Waals surface area contributed by atoms with E-state index in [4.69, 9.17) is 10.5 Å². The number of hydrogen-bond acceptors (Lipinski definition) is 5. The molecule has 0 aliphatic rings. The summed E-state index contributed by atoms with van der Waals surface area (Å²) in [6.45, 7) is 4.24. The van der Waals surface area contributed by atoms with E-state index in [1.165, 1.54) is 11.3 Å². The topological polar surface area (TPSA) is 65.2 Å². The van der Waals surface area contributed by atoms with Gasteiger partial charge in [0.15, 0.2) is 0 Å². The van der Waals surface area contributed by atoms with Gasteiger partial charge in [-0.25, -0.2) is 4.98 Å². The highest BCUT2D eigenvalue weighted by molar-refractivity contribution is 7.15. The monoisotopic (exact) mass is 228 g/mol. The molecule has 0 aliphatic heterocycles. The lowest BCUT2D eigenvalue weighted by Gasteiger charge is -2.11. The summed E-state index contributed by atoms with van der Waals surface area (Å²) >= 11 is 1.36. The Balaban J connectivity index is 2.77. The maximum absolute atomic E-state index is 11.6. The highest BCUT2D eigenvalue weighted by atomic mass is 32.1. The highest BCUT2D eigenvalue weighted by Gasteiger charge is 2.23. The third kappa shape index (κ3) is 3.20. The van der Waals surface area contributed by atoms with E-state index < -0.39 is 0 Å². The van der Waals surface area contributed by atoms with Gasteiger partial charge in [-0.2, -0.15) is 0 Å². The molecule has 0 radical (unpaired) electrons. The van der Waals surface area contributed by atoms with Crippen molar-refractivity contribution in [3.8, 4) is 0 Å². The SMILES string of the molecule is CCCC(C(=O)OCC)c1ncc(N)s1. The molecule has 1 unspecified atom stereocenters. The minimum Gasteiger partial charge on any atom is -0.465 e. The fourth-order valence-electron chi connectivity index (χ4n) is 1.34. The summed E-state index contributed by atoms with van der Waals surface area (Å²) in [7, 11) is 0. The van der Waals surface area contributed by atoms with Crippen LogP contribution in [0.4, 0.5) is 5.00 Å². The number of hydrogen-bond donors (Lipinski definition) is 1. The summed E-state index contributed by atoms with van der Waals surface area (Å²) in [6, 6.07) is 0. The molecule has 2 N–H and O–H groups in total. The lowest BCUT2D eigenvalue weighted by atomic mass is 10.1. The summed E-state index contributed by atoms with van der Waals surface area (Å²) in [6.07, 6.45) is 3.26. The van der Waals surface area contributed by atoms with Crippen LogP contribution in [0.15, 0.2) is 6.20 Å². The van der Waals surface area contributed by atoms with Gasteiger partial charge in [-0.3, -0.25) is 4.79 Å². The summed E-state index contributed by atoms with van der Waals surface area (Å²) in [5.74, 6) is -0.453. The van der Waals surface area contributed by atoms with Crippen LogP contribution < -0.4 is 5.73 Å². The van der Waals surface area contributed by atoms with E-state index in [1.807, 2.05) is 6.92 Å². The number of nitrogen functional groups attached to an aromatic ring is 1. The molecule has 1 aromatic rings. The molecule has 0 saturated heterocycles. The van der Waals surface area contributed by atoms with Crippen LogP contribution in [0.25, 0.3) is 0 Å². The van der Waals surface area contributed by atoms with E-state index in [1.54, 1.807) is 13.1 Å². The fraction of sp³-hybridized carbons (Fsp3) is 0.600. The van der Waals surface area contributed by atoms with Gasteiger partial charge in [0.2, 0.25) is 0 Å². The van der Waals surface area contributed by atoms with Gasteiger partial charge in [0.05, 0.1) is 12.8 Å². The molecule has 1 atom stereocenters. The Hall–Kier alpha value is -1.10. The Morgan fingerprint density at radius 3 is 2.87 bits per heavy atom. The second kappa shape index (κ2) is 5.70. The second-order valence-electron chi connectivity index (χ2n) is 3.19. The Morgan fingerprint density at radius 1 is 1.67 bits per heavy atom. The van der Waals surface area contributed by atoms with Crippen LogP contribution in [0.1, 0.15) is 37.6 Å². The molecule has 0 aliphatic carbocycles. The largest absolute Gasteiger partial charge is 0.465 e. The van der Waals surface area contributed by atoms with Crippen LogP contribution >= 0.6 is 11.3 Å². The molecule has 0 fully saturated rings. The molecule has 0 saturated carbocycles. The number of thiazole rings is 1. The van der Waals surface area contributed by atoms with Crippen LogP contribution in [0.3, 0.4) is 0 Å². The number of nitrogens with zero attached hydrogens (tertiary/aromatic N) is 1. The normalized spacial score (nSPS) is 12.4. The fourth-order valence-corrected chi connectivity index (χ4v) is 2.14. The van der Waals surface area contributed by atoms with Crippen molar-refractivity contribution in [3.63, 3.8) is 0 Å². The Morgan fingerprint density at radius 2 is 2.40 bits per heavy atom. The smallest absolute Gasteiger partial charge is 0.315 e. The van der Waals surface area contributed by atoms with Gasteiger partial charge < -0.3 is 10.5 Å². The Labute approximate surface area is 93.5 Å². The number of carbonyl (C=O) groups is 1. The van der Waals surface area contributed by atoms with Gasteiger partial charge in [-0.15, -0.1) is 11.3 Å². The number of anilines is 1. The van der Waals surface area contributed by atoms with E-state index in [9.17, 15) is 4.79 Å². The number of ether oxygens (including phenoxy) is 1. The summed E-state index contributed by atoms with van der Waals surface area (Å²) in [4.78, 5) is 15.8. The highest BCUT2D eigenvalue weighted by Crippen LogP contribution is 2.28. The number of rotatable bonds is 5. The van der Waals surface area contributed by atoms with Crippen molar-refractivity contribution >= 4 is 22.3 Å². The molecule has 4 nitrogen and oxygen atoms in total. The molecule has 5 heteroatoms. The summed E-state index contributed by atoms with van der Waals surface area (Å²) in [5, 5.41) is 1.39. The van der Waals surface area contributed by atoms with Crippen LogP contribution in [0.2, 0.25) is 0 Å². The third-order valence-electron chi connectivity index (χ3n) is 1.99. The minimum absolute atomic E-state index is 0.200. The minimum atomic E-state index is -0.253. The zero-order valence-electron chi connectivity index (χ0n) is 9.03. The Bertz CT molecular complexity index is 325. The maximum atomic E-state index is 11.6. The lowest BCUT2D eigenvalue weighted by Crippen LogP contribution is -2.15. The van der Waals surface area contributed by atoms with Gasteiger partial charge in [0, 0.05) is 0 Å². The first-order chi connectivity index (χ1) is 7.19. The zero-order valence-corrected chi connectivity index (χ0v) is 9.84. The van der Waals surface area contributed by atoms with Crippen molar-refractivity contribution in [2.45, 2.75) is 32.6 Å².